The third kappa shape index (κ3) is 4.50. The van der Waals surface area contributed by atoms with E-state index in [0.29, 0.717) is 23.4 Å². The summed E-state index contributed by atoms with van der Waals surface area (Å²) >= 11 is 0. The fourth-order valence-corrected chi connectivity index (χ4v) is 3.36. The van der Waals surface area contributed by atoms with Gasteiger partial charge in [-0.1, -0.05) is 42.5 Å². The summed E-state index contributed by atoms with van der Waals surface area (Å²) in [5.74, 6) is 0. The highest BCUT2D eigenvalue weighted by molar-refractivity contribution is 7.90. The van der Waals surface area contributed by atoms with Crippen LogP contribution >= 0.6 is 0 Å². The van der Waals surface area contributed by atoms with E-state index in [1.807, 2.05) is 30.3 Å². The van der Waals surface area contributed by atoms with Crippen molar-refractivity contribution in [1.29, 1.82) is 0 Å². The Morgan fingerprint density at radius 2 is 1.78 bits per heavy atom. The molecule has 27 heavy (non-hydrogen) atoms. The summed E-state index contributed by atoms with van der Waals surface area (Å²) in [6, 6.07) is 16.0. The number of aromatic nitrogens is 2. The SMILES string of the molecule is CS(=O)(=O)c1ccc(-c2n[nH]c(CO[N+](=O)[O-])c2Cc2ccccc2)cc1. The molecule has 3 rings (SSSR count). The molecule has 0 fully saturated rings. The second-order valence-corrected chi connectivity index (χ2v) is 8.00. The van der Waals surface area contributed by atoms with Gasteiger partial charge in [0.05, 0.1) is 16.3 Å². The van der Waals surface area contributed by atoms with Crippen LogP contribution in [-0.2, 0) is 27.7 Å². The maximum absolute atomic E-state index is 11.6. The van der Waals surface area contributed by atoms with Crippen molar-refractivity contribution in [2.24, 2.45) is 0 Å². The topological polar surface area (TPSA) is 115 Å². The number of hydrogen-bond donors (Lipinski definition) is 1. The van der Waals surface area contributed by atoms with Gasteiger partial charge in [-0.3, -0.25) is 5.10 Å². The van der Waals surface area contributed by atoms with Gasteiger partial charge in [-0.25, -0.2) is 8.42 Å². The standard InChI is InChI=1S/C18H17N3O5S/c1-27(24,25)15-9-7-14(8-10-15)18-16(11-13-5-3-2-4-6-13)17(19-20-18)12-26-21(22)23/h2-10H,11-12H2,1H3,(H,19,20). The van der Waals surface area contributed by atoms with Crippen molar-refractivity contribution in [3.05, 3.63) is 81.5 Å². The number of hydrogen-bond acceptors (Lipinski definition) is 6. The molecule has 0 aliphatic heterocycles. The Labute approximate surface area is 155 Å². The van der Waals surface area contributed by atoms with Crippen molar-refractivity contribution in [2.75, 3.05) is 6.26 Å². The molecular weight excluding hydrogens is 370 g/mol. The zero-order chi connectivity index (χ0) is 19.4. The molecule has 0 saturated carbocycles. The predicted octanol–water partition coefficient (Wildman–Crippen LogP) is 2.78. The molecule has 0 spiro atoms. The minimum atomic E-state index is -3.30. The Kier molecular flexibility index (Phi) is 5.22. The van der Waals surface area contributed by atoms with Gasteiger partial charge in [-0.2, -0.15) is 5.10 Å². The van der Waals surface area contributed by atoms with E-state index in [1.54, 1.807) is 12.1 Å². The number of nitrogens with zero attached hydrogens (tertiary/aromatic N) is 2. The number of rotatable bonds is 7. The second kappa shape index (κ2) is 7.58. The molecule has 0 saturated heterocycles. The van der Waals surface area contributed by atoms with Crippen LogP contribution in [0.25, 0.3) is 11.3 Å². The smallest absolute Gasteiger partial charge is 0.294 e. The van der Waals surface area contributed by atoms with E-state index < -0.39 is 14.9 Å². The van der Waals surface area contributed by atoms with E-state index >= 15 is 0 Å². The van der Waals surface area contributed by atoms with Crippen molar-refractivity contribution >= 4 is 9.84 Å². The van der Waals surface area contributed by atoms with Gasteiger partial charge < -0.3 is 4.84 Å². The number of benzene rings is 2. The lowest BCUT2D eigenvalue weighted by atomic mass is 9.99. The van der Waals surface area contributed by atoms with Crippen LogP contribution in [0.4, 0.5) is 0 Å². The highest BCUT2D eigenvalue weighted by atomic mass is 32.2. The lowest BCUT2D eigenvalue weighted by Gasteiger charge is -2.07. The number of nitrogens with one attached hydrogen (secondary N) is 1. The van der Waals surface area contributed by atoms with Gasteiger partial charge in [0.1, 0.15) is 6.61 Å². The van der Waals surface area contributed by atoms with E-state index in [4.69, 9.17) is 0 Å². The number of aromatic amines is 1. The van der Waals surface area contributed by atoms with Crippen LogP contribution in [0.15, 0.2) is 59.5 Å². The van der Waals surface area contributed by atoms with Gasteiger partial charge in [-0.15, -0.1) is 10.1 Å². The molecule has 0 unspecified atom stereocenters. The second-order valence-electron chi connectivity index (χ2n) is 5.99. The van der Waals surface area contributed by atoms with Gasteiger partial charge in [0.15, 0.2) is 9.84 Å². The van der Waals surface area contributed by atoms with Crippen molar-refractivity contribution in [2.45, 2.75) is 17.9 Å². The highest BCUT2D eigenvalue weighted by Crippen LogP contribution is 2.28. The van der Waals surface area contributed by atoms with Crippen LogP contribution in [0.1, 0.15) is 16.8 Å². The number of H-pyrrole nitrogens is 1. The first-order valence-corrected chi connectivity index (χ1v) is 9.91. The molecular formula is C18H17N3O5S. The molecule has 0 atom stereocenters. The molecule has 1 N–H and O–H groups in total. The zero-order valence-electron chi connectivity index (χ0n) is 14.5. The third-order valence-corrected chi connectivity index (χ3v) is 5.18. The minimum Gasteiger partial charge on any atom is -0.308 e. The van der Waals surface area contributed by atoms with Crippen LogP contribution in [0.2, 0.25) is 0 Å². The Morgan fingerprint density at radius 3 is 2.37 bits per heavy atom. The summed E-state index contributed by atoms with van der Waals surface area (Å²) in [4.78, 5) is 15.2. The zero-order valence-corrected chi connectivity index (χ0v) is 15.3. The highest BCUT2D eigenvalue weighted by Gasteiger charge is 2.17. The summed E-state index contributed by atoms with van der Waals surface area (Å²) in [6.07, 6.45) is 1.64. The number of sulfone groups is 1. The summed E-state index contributed by atoms with van der Waals surface area (Å²) < 4.78 is 23.3. The lowest BCUT2D eigenvalue weighted by molar-refractivity contribution is -0.763. The van der Waals surface area contributed by atoms with Crippen LogP contribution in [0, 0.1) is 10.1 Å². The Hall–Kier alpha value is -3.20. The van der Waals surface area contributed by atoms with Gasteiger partial charge in [0.25, 0.3) is 5.09 Å². The first-order chi connectivity index (χ1) is 12.8. The predicted molar refractivity (Wildman–Crippen MR) is 98.2 cm³/mol. The van der Waals surface area contributed by atoms with Crippen molar-refractivity contribution in [3.63, 3.8) is 0 Å². The first kappa shape index (κ1) is 18.6. The summed E-state index contributed by atoms with van der Waals surface area (Å²) in [7, 11) is -3.30. The quantitative estimate of drug-likeness (QED) is 0.492. The van der Waals surface area contributed by atoms with Crippen molar-refractivity contribution < 1.29 is 18.3 Å². The van der Waals surface area contributed by atoms with Gasteiger partial charge in [-0.05, 0) is 17.7 Å². The first-order valence-electron chi connectivity index (χ1n) is 8.02. The monoisotopic (exact) mass is 387 g/mol. The van der Waals surface area contributed by atoms with Crippen molar-refractivity contribution in [1.82, 2.24) is 10.2 Å². The molecule has 0 radical (unpaired) electrons. The molecule has 140 valence electrons. The van der Waals surface area contributed by atoms with E-state index in [0.717, 1.165) is 17.4 Å². The Morgan fingerprint density at radius 1 is 1.11 bits per heavy atom. The fraction of sp³-hybridized carbons (Fsp3) is 0.167. The normalized spacial score (nSPS) is 11.3. The van der Waals surface area contributed by atoms with Crippen LogP contribution in [-0.4, -0.2) is 30.0 Å². The van der Waals surface area contributed by atoms with Crippen molar-refractivity contribution in [3.8, 4) is 11.3 Å². The van der Waals surface area contributed by atoms with Gasteiger partial charge in [0, 0.05) is 23.8 Å². The van der Waals surface area contributed by atoms with Gasteiger partial charge >= 0.3 is 0 Å². The van der Waals surface area contributed by atoms with E-state index in [9.17, 15) is 18.5 Å². The molecule has 3 aromatic rings. The third-order valence-electron chi connectivity index (χ3n) is 4.05. The summed E-state index contributed by atoms with van der Waals surface area (Å²) in [5, 5.41) is 16.8. The molecule has 8 nitrogen and oxygen atoms in total. The molecule has 0 bridgehead atoms. The minimum absolute atomic E-state index is 0.211. The van der Waals surface area contributed by atoms with Crippen LogP contribution in [0.3, 0.4) is 0 Å². The molecule has 1 aromatic heterocycles. The molecule has 0 aliphatic carbocycles. The maximum Gasteiger partial charge on any atom is 0.294 e. The molecule has 0 aliphatic rings. The van der Waals surface area contributed by atoms with E-state index in [-0.39, 0.29) is 11.5 Å². The summed E-state index contributed by atoms with van der Waals surface area (Å²) in [6.45, 7) is -0.246. The van der Waals surface area contributed by atoms with Crippen LogP contribution in [0.5, 0.6) is 0 Å². The largest absolute Gasteiger partial charge is 0.308 e. The maximum atomic E-state index is 11.6. The molecule has 1 heterocycles. The van der Waals surface area contributed by atoms with E-state index in [2.05, 4.69) is 15.0 Å². The molecule has 2 aromatic carbocycles. The lowest BCUT2D eigenvalue weighted by Crippen LogP contribution is -2.03. The Balaban J connectivity index is 2.00. The average Bonchev–Trinajstić information content (AvgIpc) is 3.03. The fourth-order valence-electron chi connectivity index (χ4n) is 2.73. The average molecular weight is 387 g/mol. The summed E-state index contributed by atoms with van der Waals surface area (Å²) in [5.41, 5.74) is 3.57. The van der Waals surface area contributed by atoms with Gasteiger partial charge in [0.2, 0.25) is 0 Å². The molecule has 9 heteroatoms. The van der Waals surface area contributed by atoms with Crippen LogP contribution < -0.4 is 0 Å². The molecule has 0 amide bonds. The Bertz CT molecular complexity index is 1040. The van der Waals surface area contributed by atoms with E-state index in [1.165, 1.54) is 12.1 Å².